The van der Waals surface area contributed by atoms with E-state index in [4.69, 9.17) is 4.74 Å². The van der Waals surface area contributed by atoms with Crippen LogP contribution in [0.25, 0.3) is 0 Å². The maximum atomic E-state index is 12.9. The number of nitrogens with zero attached hydrogens (tertiary/aromatic N) is 3. The zero-order valence-corrected chi connectivity index (χ0v) is 16.9. The molecule has 0 radical (unpaired) electrons. The zero-order valence-electron chi connectivity index (χ0n) is 16.9. The van der Waals surface area contributed by atoms with Gasteiger partial charge in [-0.25, -0.2) is 9.37 Å². The fraction of sp³-hybridized carbons (Fsp3) is 0.476. The first-order valence-corrected chi connectivity index (χ1v) is 9.88. The number of carbonyl (C=O) groups is 1. The smallest absolute Gasteiger partial charge is 0.234 e. The Bertz CT molecular complexity index is 777. The Balaban J connectivity index is 1.45. The molecule has 2 N–H and O–H groups in total. The lowest BCUT2D eigenvalue weighted by atomic mass is 9.93. The van der Waals surface area contributed by atoms with Crippen LogP contribution in [0.2, 0.25) is 0 Å². The van der Waals surface area contributed by atoms with Gasteiger partial charge >= 0.3 is 0 Å². The Morgan fingerprint density at radius 2 is 2.03 bits per heavy atom. The third kappa shape index (κ3) is 6.47. The van der Waals surface area contributed by atoms with Crippen LogP contribution in [0.3, 0.4) is 0 Å². The van der Waals surface area contributed by atoms with Gasteiger partial charge in [0.25, 0.3) is 0 Å². The third-order valence-corrected chi connectivity index (χ3v) is 4.98. The van der Waals surface area contributed by atoms with Gasteiger partial charge in [0.05, 0.1) is 31.2 Å². The number of amides is 1. The van der Waals surface area contributed by atoms with Crippen LogP contribution < -0.4 is 10.6 Å². The SMILES string of the molecule is COC[C@H](C)NC(=O)CN1CCC(c2ccc(Nc3ccc(F)cn3)cn2)CC1. The predicted molar refractivity (Wildman–Crippen MR) is 110 cm³/mol. The van der Waals surface area contributed by atoms with Crippen LogP contribution in [-0.4, -0.2) is 60.2 Å². The molecule has 2 aromatic heterocycles. The molecule has 0 unspecified atom stereocenters. The standard InChI is InChI=1S/C21H28FN5O2/c1-15(14-29-2)25-21(28)13-27-9-7-16(8-10-27)19-5-4-18(12-23-19)26-20-6-3-17(22)11-24-20/h3-6,11-12,15-16H,7-10,13-14H2,1-2H3,(H,24,26)(H,25,28)/t15-/m0/s1. The molecule has 1 fully saturated rings. The highest BCUT2D eigenvalue weighted by Gasteiger charge is 2.23. The molecule has 1 aliphatic rings. The highest BCUT2D eigenvalue weighted by Crippen LogP contribution is 2.27. The number of piperidine rings is 1. The van der Waals surface area contributed by atoms with Crippen molar-refractivity contribution < 1.29 is 13.9 Å². The first-order chi connectivity index (χ1) is 14.0. The van der Waals surface area contributed by atoms with Crippen molar-refractivity contribution in [2.45, 2.75) is 31.7 Å². The Kier molecular flexibility index (Phi) is 7.48. The molecule has 156 valence electrons. The molecule has 29 heavy (non-hydrogen) atoms. The number of methoxy groups -OCH3 is 1. The number of aromatic nitrogens is 2. The first-order valence-electron chi connectivity index (χ1n) is 9.88. The Hall–Kier alpha value is -2.58. The van der Waals surface area contributed by atoms with Crippen molar-refractivity contribution in [3.63, 3.8) is 0 Å². The van der Waals surface area contributed by atoms with Crippen LogP contribution in [0.5, 0.6) is 0 Å². The summed E-state index contributed by atoms with van der Waals surface area (Å²) >= 11 is 0. The fourth-order valence-corrected chi connectivity index (χ4v) is 3.52. The van der Waals surface area contributed by atoms with Crippen LogP contribution in [0.1, 0.15) is 31.4 Å². The maximum Gasteiger partial charge on any atom is 0.234 e. The minimum atomic E-state index is -0.364. The van der Waals surface area contributed by atoms with E-state index in [0.29, 0.717) is 24.9 Å². The molecular weight excluding hydrogens is 373 g/mol. The molecule has 0 bridgehead atoms. The molecule has 1 aliphatic heterocycles. The number of hydrogen-bond acceptors (Lipinski definition) is 6. The van der Waals surface area contributed by atoms with E-state index in [2.05, 4.69) is 25.5 Å². The molecule has 1 amide bonds. The Morgan fingerprint density at radius 3 is 2.66 bits per heavy atom. The van der Waals surface area contributed by atoms with Crippen LogP contribution in [0.4, 0.5) is 15.9 Å². The normalized spacial score (nSPS) is 16.4. The zero-order chi connectivity index (χ0) is 20.6. The second-order valence-corrected chi connectivity index (χ2v) is 7.43. The van der Waals surface area contributed by atoms with Gasteiger partial charge in [-0.05, 0) is 57.1 Å². The number of likely N-dealkylation sites (tertiary alicyclic amines) is 1. The van der Waals surface area contributed by atoms with Crippen molar-refractivity contribution in [2.24, 2.45) is 0 Å². The first kappa shape index (κ1) is 21.1. The Morgan fingerprint density at radius 1 is 1.24 bits per heavy atom. The van der Waals surface area contributed by atoms with Gasteiger partial charge in [0.2, 0.25) is 5.91 Å². The van der Waals surface area contributed by atoms with E-state index in [-0.39, 0.29) is 17.8 Å². The van der Waals surface area contributed by atoms with Crippen LogP contribution >= 0.6 is 0 Å². The van der Waals surface area contributed by atoms with Gasteiger partial charge in [0.15, 0.2) is 0 Å². The average Bonchev–Trinajstić information content (AvgIpc) is 2.71. The van der Waals surface area contributed by atoms with Gasteiger partial charge in [-0.2, -0.15) is 0 Å². The number of carbonyl (C=O) groups excluding carboxylic acids is 1. The molecule has 0 aliphatic carbocycles. The summed E-state index contributed by atoms with van der Waals surface area (Å²) < 4.78 is 18.0. The molecule has 8 heteroatoms. The highest BCUT2D eigenvalue weighted by atomic mass is 19.1. The van der Waals surface area contributed by atoms with Crippen molar-refractivity contribution in [3.05, 3.63) is 48.2 Å². The second kappa shape index (κ2) is 10.3. The second-order valence-electron chi connectivity index (χ2n) is 7.43. The van der Waals surface area contributed by atoms with Crippen LogP contribution in [-0.2, 0) is 9.53 Å². The van der Waals surface area contributed by atoms with Gasteiger partial charge in [-0.1, -0.05) is 0 Å². The number of pyridine rings is 2. The molecule has 7 nitrogen and oxygen atoms in total. The number of hydrogen-bond donors (Lipinski definition) is 2. The van der Waals surface area contributed by atoms with Gasteiger partial charge in [-0.3, -0.25) is 14.7 Å². The number of halogens is 1. The van der Waals surface area contributed by atoms with Gasteiger partial charge in [-0.15, -0.1) is 0 Å². The molecule has 0 spiro atoms. The molecule has 3 heterocycles. The molecule has 2 aromatic rings. The third-order valence-electron chi connectivity index (χ3n) is 4.98. The lowest BCUT2D eigenvalue weighted by Crippen LogP contribution is -2.44. The molecule has 1 atom stereocenters. The molecule has 3 rings (SSSR count). The lowest BCUT2D eigenvalue weighted by Gasteiger charge is -2.31. The van der Waals surface area contributed by atoms with Crippen molar-refractivity contribution in [2.75, 3.05) is 38.7 Å². The van der Waals surface area contributed by atoms with E-state index >= 15 is 0 Å². The van der Waals surface area contributed by atoms with Crippen molar-refractivity contribution in [3.8, 4) is 0 Å². The topological polar surface area (TPSA) is 79.4 Å². The Labute approximate surface area is 170 Å². The summed E-state index contributed by atoms with van der Waals surface area (Å²) in [5, 5.41) is 6.06. The van der Waals surface area contributed by atoms with E-state index in [9.17, 15) is 9.18 Å². The summed E-state index contributed by atoms with van der Waals surface area (Å²) in [6.07, 6.45) is 4.90. The van der Waals surface area contributed by atoms with Crippen LogP contribution in [0, 0.1) is 5.82 Å². The van der Waals surface area contributed by atoms with Gasteiger partial charge < -0.3 is 15.4 Å². The quantitative estimate of drug-likeness (QED) is 0.708. The van der Waals surface area contributed by atoms with E-state index in [0.717, 1.165) is 37.3 Å². The van der Waals surface area contributed by atoms with Gasteiger partial charge in [0, 0.05) is 24.8 Å². The van der Waals surface area contributed by atoms with Crippen molar-refractivity contribution in [1.29, 1.82) is 0 Å². The molecular formula is C21H28FN5O2. The number of rotatable bonds is 8. The largest absolute Gasteiger partial charge is 0.383 e. The van der Waals surface area contributed by atoms with Crippen molar-refractivity contribution in [1.82, 2.24) is 20.2 Å². The summed E-state index contributed by atoms with van der Waals surface area (Å²) in [7, 11) is 1.63. The summed E-state index contributed by atoms with van der Waals surface area (Å²) in [5.74, 6) is 0.639. The van der Waals surface area contributed by atoms with E-state index in [1.165, 1.54) is 12.3 Å². The van der Waals surface area contributed by atoms with E-state index < -0.39 is 0 Å². The summed E-state index contributed by atoms with van der Waals surface area (Å²) in [6.45, 7) is 4.61. The monoisotopic (exact) mass is 401 g/mol. The minimum Gasteiger partial charge on any atom is -0.383 e. The highest BCUT2D eigenvalue weighted by molar-refractivity contribution is 5.78. The summed E-state index contributed by atoms with van der Waals surface area (Å²) in [6, 6.07) is 6.95. The van der Waals surface area contributed by atoms with Crippen LogP contribution in [0.15, 0.2) is 36.7 Å². The average molecular weight is 401 g/mol. The number of nitrogens with one attached hydrogen (secondary N) is 2. The molecule has 0 aromatic carbocycles. The number of anilines is 2. The fourth-order valence-electron chi connectivity index (χ4n) is 3.52. The molecule has 1 saturated heterocycles. The summed E-state index contributed by atoms with van der Waals surface area (Å²) in [4.78, 5) is 22.9. The maximum absolute atomic E-state index is 12.9. The molecule has 0 saturated carbocycles. The van der Waals surface area contributed by atoms with Crippen molar-refractivity contribution >= 4 is 17.4 Å². The van der Waals surface area contributed by atoms with E-state index in [1.807, 2.05) is 19.1 Å². The summed E-state index contributed by atoms with van der Waals surface area (Å²) in [5.41, 5.74) is 1.87. The minimum absolute atomic E-state index is 0.0199. The number of ether oxygens (including phenoxy) is 1. The van der Waals surface area contributed by atoms with Gasteiger partial charge in [0.1, 0.15) is 11.6 Å². The lowest BCUT2D eigenvalue weighted by molar-refractivity contribution is -0.123. The predicted octanol–water partition coefficient (Wildman–Crippen LogP) is 2.69. The van der Waals surface area contributed by atoms with E-state index in [1.54, 1.807) is 19.4 Å².